The molecule has 1 aromatic heterocycles. The summed E-state index contributed by atoms with van der Waals surface area (Å²) in [5, 5.41) is 17.1. The van der Waals surface area contributed by atoms with E-state index in [4.69, 9.17) is 10.8 Å². The maximum absolute atomic E-state index is 11.6. The molecule has 0 bridgehead atoms. The number of nitrogens with one attached hydrogen (secondary N) is 2. The zero-order valence-electron chi connectivity index (χ0n) is 9.77. The highest BCUT2D eigenvalue weighted by molar-refractivity contribution is 5.97. The van der Waals surface area contributed by atoms with E-state index in [-0.39, 0.29) is 17.9 Å². The summed E-state index contributed by atoms with van der Waals surface area (Å²) in [6, 6.07) is 1.21. The number of nitrogens with zero attached hydrogens (tertiary/aromatic N) is 1. The summed E-state index contributed by atoms with van der Waals surface area (Å²) in [6.45, 7) is 1.72. The maximum atomic E-state index is 11.6. The number of amides is 2. The van der Waals surface area contributed by atoms with Gasteiger partial charge in [-0.05, 0) is 6.42 Å². The van der Waals surface area contributed by atoms with E-state index in [1.165, 1.54) is 6.07 Å². The van der Waals surface area contributed by atoms with Crippen LogP contribution in [0.2, 0.25) is 0 Å². The molecule has 1 rings (SSSR count). The molecule has 0 saturated heterocycles. The predicted octanol–water partition coefficient (Wildman–Crippen LogP) is -0.651. The number of aromatic amines is 1. The fourth-order valence-electron chi connectivity index (χ4n) is 1.28. The zero-order chi connectivity index (χ0) is 13.7. The van der Waals surface area contributed by atoms with Gasteiger partial charge in [0, 0.05) is 12.6 Å². The Morgan fingerprint density at radius 2 is 2.22 bits per heavy atom. The van der Waals surface area contributed by atoms with E-state index in [1.54, 1.807) is 6.92 Å². The Balaban J connectivity index is 2.59. The third-order valence-corrected chi connectivity index (χ3v) is 2.43. The van der Waals surface area contributed by atoms with E-state index in [2.05, 4.69) is 15.5 Å². The van der Waals surface area contributed by atoms with Crippen LogP contribution in [0.25, 0.3) is 0 Å². The third kappa shape index (κ3) is 3.30. The first-order valence-corrected chi connectivity index (χ1v) is 5.32. The van der Waals surface area contributed by atoms with E-state index in [0.29, 0.717) is 6.42 Å². The molecule has 98 valence electrons. The maximum Gasteiger partial charge on any atom is 0.308 e. The fourth-order valence-corrected chi connectivity index (χ4v) is 1.28. The number of nitrogens with two attached hydrogens (primary N) is 1. The Morgan fingerprint density at radius 1 is 1.56 bits per heavy atom. The van der Waals surface area contributed by atoms with Gasteiger partial charge in [0.25, 0.3) is 11.8 Å². The van der Waals surface area contributed by atoms with Crippen LogP contribution in [0.1, 0.15) is 34.3 Å². The Hall–Kier alpha value is -2.38. The molecule has 1 unspecified atom stereocenters. The first kappa shape index (κ1) is 13.7. The molecule has 0 aromatic carbocycles. The number of aromatic nitrogens is 2. The molecule has 0 radical (unpaired) electrons. The van der Waals surface area contributed by atoms with Crippen molar-refractivity contribution in [1.29, 1.82) is 0 Å². The average Bonchev–Trinajstić information content (AvgIpc) is 2.78. The van der Waals surface area contributed by atoms with Gasteiger partial charge in [0.15, 0.2) is 5.69 Å². The zero-order valence-corrected chi connectivity index (χ0v) is 9.77. The number of rotatable bonds is 6. The van der Waals surface area contributed by atoms with E-state index in [0.717, 1.165) is 0 Å². The highest BCUT2D eigenvalue weighted by atomic mass is 16.4. The second-order valence-electron chi connectivity index (χ2n) is 3.68. The highest BCUT2D eigenvalue weighted by Crippen LogP contribution is 2.02. The molecule has 8 heteroatoms. The van der Waals surface area contributed by atoms with E-state index in [1.807, 2.05) is 0 Å². The second kappa shape index (κ2) is 5.80. The van der Waals surface area contributed by atoms with Gasteiger partial charge >= 0.3 is 5.97 Å². The number of primary amides is 1. The van der Waals surface area contributed by atoms with Gasteiger partial charge in [-0.1, -0.05) is 6.92 Å². The first-order valence-electron chi connectivity index (χ1n) is 5.32. The van der Waals surface area contributed by atoms with Crippen molar-refractivity contribution in [3.63, 3.8) is 0 Å². The van der Waals surface area contributed by atoms with E-state index < -0.39 is 23.7 Å². The van der Waals surface area contributed by atoms with Crippen LogP contribution in [0.5, 0.6) is 0 Å². The minimum Gasteiger partial charge on any atom is -0.481 e. The lowest BCUT2D eigenvalue weighted by molar-refractivity contribution is -0.141. The van der Waals surface area contributed by atoms with Crippen molar-refractivity contribution in [3.8, 4) is 0 Å². The summed E-state index contributed by atoms with van der Waals surface area (Å²) < 4.78 is 0. The topological polar surface area (TPSA) is 138 Å². The fraction of sp³-hybridized carbons (Fsp3) is 0.400. The summed E-state index contributed by atoms with van der Waals surface area (Å²) in [5.41, 5.74) is 4.99. The van der Waals surface area contributed by atoms with Gasteiger partial charge in [0.1, 0.15) is 5.69 Å². The molecule has 1 heterocycles. The molecule has 18 heavy (non-hydrogen) atoms. The van der Waals surface area contributed by atoms with Crippen molar-refractivity contribution in [2.24, 2.45) is 11.7 Å². The van der Waals surface area contributed by atoms with E-state index >= 15 is 0 Å². The standard InChI is InChI=1S/C10H14N4O4/c1-2-5(10(17)18)4-12-9(16)7-3-6(8(11)15)13-14-7/h3,5H,2,4H2,1H3,(H2,11,15)(H,12,16)(H,13,14)(H,17,18). The van der Waals surface area contributed by atoms with Crippen LogP contribution in [0.15, 0.2) is 6.07 Å². The number of carbonyl (C=O) groups excluding carboxylic acids is 2. The van der Waals surface area contributed by atoms with Gasteiger partial charge in [-0.25, -0.2) is 0 Å². The Kier molecular flexibility index (Phi) is 4.41. The molecule has 0 aliphatic heterocycles. The number of carboxylic acids is 1. The predicted molar refractivity (Wildman–Crippen MR) is 60.9 cm³/mol. The van der Waals surface area contributed by atoms with Gasteiger partial charge in [-0.15, -0.1) is 0 Å². The lowest BCUT2D eigenvalue weighted by Crippen LogP contribution is -2.32. The van der Waals surface area contributed by atoms with Crippen LogP contribution >= 0.6 is 0 Å². The molecule has 0 spiro atoms. The normalized spacial score (nSPS) is 11.8. The Bertz CT molecular complexity index is 468. The van der Waals surface area contributed by atoms with Gasteiger partial charge in [-0.3, -0.25) is 19.5 Å². The number of H-pyrrole nitrogens is 1. The van der Waals surface area contributed by atoms with Crippen molar-refractivity contribution in [2.75, 3.05) is 6.54 Å². The van der Waals surface area contributed by atoms with Gasteiger partial charge < -0.3 is 16.2 Å². The molecule has 1 atom stereocenters. The van der Waals surface area contributed by atoms with Crippen LogP contribution in [-0.4, -0.2) is 39.6 Å². The van der Waals surface area contributed by atoms with Crippen LogP contribution in [0, 0.1) is 5.92 Å². The molecule has 2 amide bonds. The van der Waals surface area contributed by atoms with Crippen LogP contribution in [0.4, 0.5) is 0 Å². The summed E-state index contributed by atoms with van der Waals surface area (Å²) in [7, 11) is 0. The van der Waals surface area contributed by atoms with Gasteiger partial charge in [0.05, 0.1) is 5.92 Å². The quantitative estimate of drug-likeness (QED) is 0.534. The average molecular weight is 254 g/mol. The molecule has 0 fully saturated rings. The molecule has 5 N–H and O–H groups in total. The lowest BCUT2D eigenvalue weighted by Gasteiger charge is -2.09. The van der Waals surface area contributed by atoms with Gasteiger partial charge in [-0.2, -0.15) is 5.10 Å². The number of aliphatic carboxylic acids is 1. The molecule has 1 aromatic rings. The summed E-state index contributed by atoms with van der Waals surface area (Å²) in [4.78, 5) is 33.1. The number of carboxylic acid groups (broad SMARTS) is 1. The Morgan fingerprint density at radius 3 is 2.67 bits per heavy atom. The number of hydrogen-bond acceptors (Lipinski definition) is 4. The van der Waals surface area contributed by atoms with Crippen molar-refractivity contribution < 1.29 is 19.5 Å². The van der Waals surface area contributed by atoms with Crippen molar-refractivity contribution in [2.45, 2.75) is 13.3 Å². The molecular formula is C10H14N4O4. The third-order valence-electron chi connectivity index (χ3n) is 2.43. The summed E-state index contributed by atoms with van der Waals surface area (Å²) >= 11 is 0. The smallest absolute Gasteiger partial charge is 0.308 e. The van der Waals surface area contributed by atoms with Crippen LogP contribution < -0.4 is 11.1 Å². The molecular weight excluding hydrogens is 240 g/mol. The van der Waals surface area contributed by atoms with Crippen molar-refractivity contribution in [3.05, 3.63) is 17.5 Å². The van der Waals surface area contributed by atoms with E-state index in [9.17, 15) is 14.4 Å². The lowest BCUT2D eigenvalue weighted by atomic mass is 10.1. The van der Waals surface area contributed by atoms with Gasteiger partial charge in [0.2, 0.25) is 0 Å². The monoisotopic (exact) mass is 254 g/mol. The Labute approximate surface area is 103 Å². The largest absolute Gasteiger partial charge is 0.481 e. The molecule has 0 aliphatic rings. The summed E-state index contributed by atoms with van der Waals surface area (Å²) in [5.74, 6) is -2.90. The van der Waals surface area contributed by atoms with Crippen molar-refractivity contribution >= 4 is 17.8 Å². The second-order valence-corrected chi connectivity index (χ2v) is 3.68. The first-order chi connectivity index (χ1) is 8.45. The molecule has 0 saturated carbocycles. The highest BCUT2D eigenvalue weighted by Gasteiger charge is 2.18. The number of carbonyl (C=O) groups is 3. The van der Waals surface area contributed by atoms with Crippen LogP contribution in [-0.2, 0) is 4.79 Å². The van der Waals surface area contributed by atoms with Crippen LogP contribution in [0.3, 0.4) is 0 Å². The summed E-state index contributed by atoms with van der Waals surface area (Å²) in [6.07, 6.45) is 0.408. The minimum absolute atomic E-state index is 0.00952. The minimum atomic E-state index is -0.972. The molecule has 8 nitrogen and oxygen atoms in total. The SMILES string of the molecule is CCC(CNC(=O)c1cc(C(N)=O)n[nH]1)C(=O)O. The molecule has 0 aliphatic carbocycles. The number of hydrogen-bond donors (Lipinski definition) is 4. The van der Waals surface area contributed by atoms with Crippen molar-refractivity contribution in [1.82, 2.24) is 15.5 Å².